The van der Waals surface area contributed by atoms with E-state index >= 15 is 0 Å². The maximum atomic E-state index is 12.2. The van der Waals surface area contributed by atoms with Gasteiger partial charge in [-0.1, -0.05) is 11.6 Å². The highest BCUT2D eigenvalue weighted by Crippen LogP contribution is 2.26. The van der Waals surface area contributed by atoms with Gasteiger partial charge in [0.25, 0.3) is 0 Å². The molecule has 2 aromatic rings. The highest BCUT2D eigenvalue weighted by molar-refractivity contribution is 7.89. The third-order valence-corrected chi connectivity index (χ3v) is 4.88. The fourth-order valence-electron chi connectivity index (χ4n) is 1.94. The van der Waals surface area contributed by atoms with E-state index in [1.54, 1.807) is 12.5 Å². The molecular weight excluding hydrogens is 326 g/mol. The molecule has 0 unspecified atom stereocenters. The minimum Gasteiger partial charge on any atom is -0.495 e. The highest BCUT2D eigenvalue weighted by Gasteiger charge is 2.15. The number of imidazole rings is 1. The summed E-state index contributed by atoms with van der Waals surface area (Å²) in [6.07, 6.45) is 6.94. The van der Waals surface area contributed by atoms with Gasteiger partial charge in [-0.2, -0.15) is 0 Å². The zero-order valence-corrected chi connectivity index (χ0v) is 13.8. The van der Waals surface area contributed by atoms with Crippen molar-refractivity contribution in [2.24, 2.45) is 0 Å². The summed E-state index contributed by atoms with van der Waals surface area (Å²) in [5.74, 6) is 0.445. The monoisotopic (exact) mass is 343 g/mol. The van der Waals surface area contributed by atoms with Gasteiger partial charge in [0.15, 0.2) is 0 Å². The largest absolute Gasteiger partial charge is 0.495 e. The fourth-order valence-corrected chi connectivity index (χ4v) is 3.36. The van der Waals surface area contributed by atoms with Gasteiger partial charge in [-0.25, -0.2) is 18.1 Å². The predicted octanol–water partition coefficient (Wildman–Crippen LogP) is 2.30. The van der Waals surface area contributed by atoms with E-state index in [2.05, 4.69) is 9.71 Å². The second-order valence-electron chi connectivity index (χ2n) is 4.70. The number of halogens is 1. The van der Waals surface area contributed by atoms with E-state index in [4.69, 9.17) is 16.3 Å². The number of hydrogen-bond acceptors (Lipinski definition) is 4. The molecule has 0 bridgehead atoms. The minimum absolute atomic E-state index is 0.132. The van der Waals surface area contributed by atoms with E-state index < -0.39 is 10.0 Å². The van der Waals surface area contributed by atoms with Crippen LogP contribution in [-0.4, -0.2) is 31.6 Å². The van der Waals surface area contributed by atoms with Crippen molar-refractivity contribution < 1.29 is 13.2 Å². The van der Waals surface area contributed by atoms with E-state index in [1.165, 1.54) is 25.3 Å². The maximum absolute atomic E-state index is 12.2. The molecular formula is C14H18ClN3O3S. The van der Waals surface area contributed by atoms with Crippen molar-refractivity contribution in [2.45, 2.75) is 24.3 Å². The normalized spacial score (nSPS) is 11.5. The summed E-state index contributed by atoms with van der Waals surface area (Å²) in [4.78, 5) is 4.08. The Hall–Kier alpha value is -1.57. The Labute approximate surface area is 135 Å². The van der Waals surface area contributed by atoms with Crippen molar-refractivity contribution in [2.75, 3.05) is 13.7 Å². The number of aromatic nitrogens is 2. The zero-order chi connectivity index (χ0) is 16.0. The topological polar surface area (TPSA) is 73.2 Å². The molecule has 120 valence electrons. The van der Waals surface area contributed by atoms with Crippen LogP contribution >= 0.6 is 11.6 Å². The van der Waals surface area contributed by atoms with Gasteiger partial charge in [-0.3, -0.25) is 0 Å². The molecule has 1 aromatic carbocycles. The summed E-state index contributed by atoms with van der Waals surface area (Å²) < 4.78 is 33.8. The van der Waals surface area contributed by atoms with Gasteiger partial charge >= 0.3 is 0 Å². The van der Waals surface area contributed by atoms with Crippen LogP contribution in [0.2, 0.25) is 5.02 Å². The van der Waals surface area contributed by atoms with Gasteiger partial charge < -0.3 is 9.30 Å². The maximum Gasteiger partial charge on any atom is 0.240 e. The summed E-state index contributed by atoms with van der Waals surface area (Å²) in [5.41, 5.74) is 0. The Morgan fingerprint density at radius 1 is 1.36 bits per heavy atom. The number of nitrogens with one attached hydrogen (secondary N) is 1. The molecule has 22 heavy (non-hydrogen) atoms. The van der Waals surface area contributed by atoms with E-state index in [1.807, 2.05) is 10.8 Å². The fraction of sp³-hybridized carbons (Fsp3) is 0.357. The van der Waals surface area contributed by atoms with Crippen LogP contribution < -0.4 is 9.46 Å². The van der Waals surface area contributed by atoms with Crippen molar-refractivity contribution in [1.29, 1.82) is 0 Å². The average Bonchev–Trinajstić information content (AvgIpc) is 3.00. The van der Waals surface area contributed by atoms with Crippen LogP contribution in [0.1, 0.15) is 12.8 Å². The number of rotatable bonds is 8. The Morgan fingerprint density at radius 3 is 2.82 bits per heavy atom. The number of nitrogens with zero attached hydrogens (tertiary/aromatic N) is 2. The van der Waals surface area contributed by atoms with Crippen molar-refractivity contribution in [3.8, 4) is 5.75 Å². The molecule has 0 spiro atoms. The molecule has 6 nitrogen and oxygen atoms in total. The Kier molecular flexibility index (Phi) is 5.82. The summed E-state index contributed by atoms with van der Waals surface area (Å²) in [7, 11) is -2.07. The third kappa shape index (κ3) is 4.46. The molecule has 0 saturated carbocycles. The average molecular weight is 344 g/mol. The molecule has 0 saturated heterocycles. The van der Waals surface area contributed by atoms with E-state index in [0.717, 1.165) is 19.4 Å². The number of ether oxygens (including phenoxy) is 1. The molecule has 1 heterocycles. The third-order valence-electron chi connectivity index (χ3n) is 3.13. The molecule has 8 heteroatoms. The summed E-state index contributed by atoms with van der Waals surface area (Å²) in [6, 6.07) is 4.39. The number of aryl methyl sites for hydroxylation is 1. The number of unbranched alkanes of at least 4 members (excludes halogenated alkanes) is 1. The first-order valence-electron chi connectivity index (χ1n) is 6.82. The quantitative estimate of drug-likeness (QED) is 0.746. The first-order valence-corrected chi connectivity index (χ1v) is 8.68. The van der Waals surface area contributed by atoms with Crippen LogP contribution in [0.3, 0.4) is 0 Å². The first-order chi connectivity index (χ1) is 10.5. The number of sulfonamides is 1. The molecule has 0 atom stereocenters. The Morgan fingerprint density at radius 2 is 2.18 bits per heavy atom. The Balaban J connectivity index is 1.84. The van der Waals surface area contributed by atoms with Gasteiger partial charge in [0, 0.05) is 25.5 Å². The highest BCUT2D eigenvalue weighted by atomic mass is 35.5. The SMILES string of the molecule is COc1ccc(S(=O)(=O)NCCCCn2ccnc2)cc1Cl. The first kappa shape index (κ1) is 16.8. The van der Waals surface area contributed by atoms with Crippen LogP contribution in [0.25, 0.3) is 0 Å². The van der Waals surface area contributed by atoms with Crippen molar-refractivity contribution in [3.63, 3.8) is 0 Å². The van der Waals surface area contributed by atoms with Gasteiger partial charge in [0.2, 0.25) is 10.0 Å². The lowest BCUT2D eigenvalue weighted by Gasteiger charge is -2.09. The molecule has 0 fully saturated rings. The smallest absolute Gasteiger partial charge is 0.240 e. The lowest BCUT2D eigenvalue weighted by atomic mass is 10.3. The molecule has 2 rings (SSSR count). The zero-order valence-electron chi connectivity index (χ0n) is 12.2. The van der Waals surface area contributed by atoms with E-state index in [9.17, 15) is 8.42 Å². The summed E-state index contributed by atoms with van der Waals surface area (Å²) in [5, 5.41) is 0.269. The van der Waals surface area contributed by atoms with E-state index in [0.29, 0.717) is 12.3 Å². The van der Waals surface area contributed by atoms with Crippen molar-refractivity contribution in [3.05, 3.63) is 41.9 Å². The molecule has 0 aliphatic rings. The molecule has 0 amide bonds. The lowest BCUT2D eigenvalue weighted by molar-refractivity contribution is 0.414. The van der Waals surface area contributed by atoms with Crippen LogP contribution in [0.4, 0.5) is 0 Å². The van der Waals surface area contributed by atoms with Gasteiger partial charge in [-0.15, -0.1) is 0 Å². The molecule has 0 aliphatic carbocycles. The summed E-state index contributed by atoms with van der Waals surface area (Å²) in [6.45, 7) is 1.19. The Bertz CT molecular complexity index is 702. The molecule has 0 radical (unpaired) electrons. The van der Waals surface area contributed by atoms with Gasteiger partial charge in [0.1, 0.15) is 5.75 Å². The standard InChI is InChI=1S/C14H18ClN3O3S/c1-21-14-5-4-12(10-13(14)15)22(19,20)17-6-2-3-8-18-9-7-16-11-18/h4-5,7,9-11,17H,2-3,6,8H2,1H3. The van der Waals surface area contributed by atoms with Crippen LogP contribution in [0.15, 0.2) is 41.8 Å². The van der Waals surface area contributed by atoms with Crippen molar-refractivity contribution >= 4 is 21.6 Å². The van der Waals surface area contributed by atoms with E-state index in [-0.39, 0.29) is 9.92 Å². The molecule has 1 N–H and O–H groups in total. The molecule has 1 aromatic heterocycles. The second kappa shape index (κ2) is 7.62. The minimum atomic E-state index is -3.55. The lowest BCUT2D eigenvalue weighted by Crippen LogP contribution is -2.25. The molecule has 0 aliphatic heterocycles. The van der Waals surface area contributed by atoms with Crippen LogP contribution in [0, 0.1) is 0 Å². The van der Waals surface area contributed by atoms with Crippen LogP contribution in [-0.2, 0) is 16.6 Å². The number of hydrogen-bond donors (Lipinski definition) is 1. The summed E-state index contributed by atoms with van der Waals surface area (Å²) >= 11 is 5.95. The number of benzene rings is 1. The number of methoxy groups -OCH3 is 1. The predicted molar refractivity (Wildman–Crippen MR) is 84.7 cm³/mol. The second-order valence-corrected chi connectivity index (χ2v) is 6.88. The van der Waals surface area contributed by atoms with Crippen molar-refractivity contribution in [1.82, 2.24) is 14.3 Å². The van der Waals surface area contributed by atoms with Gasteiger partial charge in [-0.05, 0) is 31.0 Å². The van der Waals surface area contributed by atoms with Crippen LogP contribution in [0.5, 0.6) is 5.75 Å². The van der Waals surface area contributed by atoms with Gasteiger partial charge in [0.05, 0.1) is 23.4 Å².